The number of nitriles is 1. The van der Waals surface area contributed by atoms with Crippen molar-refractivity contribution in [2.24, 2.45) is 0 Å². The SMILES string of the molecule is N#C/C(=C/Nc1ccc(OCc2ccc(Cl)cc2)cc1)C(=O)N1CCOCC1. The van der Waals surface area contributed by atoms with Gasteiger partial charge in [-0.15, -0.1) is 0 Å². The van der Waals surface area contributed by atoms with Crippen molar-refractivity contribution in [2.45, 2.75) is 6.61 Å². The molecule has 6 nitrogen and oxygen atoms in total. The van der Waals surface area contributed by atoms with Crippen molar-refractivity contribution in [3.05, 3.63) is 70.9 Å². The van der Waals surface area contributed by atoms with E-state index >= 15 is 0 Å². The Morgan fingerprint density at radius 1 is 1.18 bits per heavy atom. The highest BCUT2D eigenvalue weighted by Gasteiger charge is 2.20. The second-order valence-electron chi connectivity index (χ2n) is 6.16. The lowest BCUT2D eigenvalue weighted by molar-refractivity contribution is -0.130. The minimum absolute atomic E-state index is 0.0602. The molecule has 2 aromatic rings. The van der Waals surface area contributed by atoms with Crippen molar-refractivity contribution in [3.63, 3.8) is 0 Å². The summed E-state index contributed by atoms with van der Waals surface area (Å²) in [5, 5.41) is 13.0. The summed E-state index contributed by atoms with van der Waals surface area (Å²) in [4.78, 5) is 14.0. The fraction of sp³-hybridized carbons (Fsp3) is 0.238. The summed E-state index contributed by atoms with van der Waals surface area (Å²) < 4.78 is 11.0. The monoisotopic (exact) mass is 397 g/mol. The van der Waals surface area contributed by atoms with Gasteiger partial charge in [-0.3, -0.25) is 4.79 Å². The summed E-state index contributed by atoms with van der Waals surface area (Å²) in [7, 11) is 0. The van der Waals surface area contributed by atoms with Crippen LogP contribution < -0.4 is 10.1 Å². The lowest BCUT2D eigenvalue weighted by Crippen LogP contribution is -2.41. The number of carbonyl (C=O) groups is 1. The van der Waals surface area contributed by atoms with E-state index in [2.05, 4.69) is 5.32 Å². The molecule has 1 aliphatic heterocycles. The van der Waals surface area contributed by atoms with Crippen molar-refractivity contribution >= 4 is 23.2 Å². The number of hydrogen-bond acceptors (Lipinski definition) is 5. The van der Waals surface area contributed by atoms with Crippen LogP contribution in [0.3, 0.4) is 0 Å². The standard InChI is InChI=1S/C21H20ClN3O3/c22-18-3-1-16(2-4-18)15-28-20-7-5-19(6-8-20)24-14-17(13-23)21(26)25-9-11-27-12-10-25/h1-8,14,24H,9-12,15H2/b17-14-. The predicted molar refractivity (Wildman–Crippen MR) is 107 cm³/mol. The quantitative estimate of drug-likeness (QED) is 0.595. The van der Waals surface area contributed by atoms with Gasteiger partial charge in [-0.25, -0.2) is 0 Å². The molecule has 1 N–H and O–H groups in total. The molecule has 0 aromatic heterocycles. The Hall–Kier alpha value is -3.01. The van der Waals surface area contributed by atoms with Crippen LogP contribution in [0, 0.1) is 11.3 Å². The highest BCUT2D eigenvalue weighted by atomic mass is 35.5. The Morgan fingerprint density at radius 2 is 1.86 bits per heavy atom. The first-order valence-corrected chi connectivity index (χ1v) is 9.24. The molecule has 0 aliphatic carbocycles. The maximum Gasteiger partial charge on any atom is 0.266 e. The van der Waals surface area contributed by atoms with Gasteiger partial charge < -0.3 is 19.7 Å². The van der Waals surface area contributed by atoms with E-state index in [-0.39, 0.29) is 11.5 Å². The molecule has 0 radical (unpaired) electrons. The third kappa shape index (κ3) is 5.49. The highest BCUT2D eigenvalue weighted by Crippen LogP contribution is 2.18. The molecule has 1 saturated heterocycles. The molecule has 1 heterocycles. The van der Waals surface area contributed by atoms with E-state index in [1.807, 2.05) is 54.6 Å². The molecule has 2 aromatic carbocycles. The van der Waals surface area contributed by atoms with Crippen molar-refractivity contribution in [1.82, 2.24) is 4.90 Å². The van der Waals surface area contributed by atoms with E-state index in [1.165, 1.54) is 6.20 Å². The second-order valence-corrected chi connectivity index (χ2v) is 6.59. The number of amides is 1. The number of nitrogens with one attached hydrogen (secondary N) is 1. The first-order valence-electron chi connectivity index (χ1n) is 8.87. The number of rotatable bonds is 6. The number of anilines is 1. The molecule has 0 spiro atoms. The molecule has 0 saturated carbocycles. The van der Waals surface area contributed by atoms with Gasteiger partial charge in [0, 0.05) is 30.0 Å². The molecule has 3 rings (SSSR count). The van der Waals surface area contributed by atoms with Crippen molar-refractivity contribution in [3.8, 4) is 11.8 Å². The van der Waals surface area contributed by atoms with Crippen LogP contribution in [0.1, 0.15) is 5.56 Å². The Kier molecular flexibility index (Phi) is 6.90. The predicted octanol–water partition coefficient (Wildman–Crippen LogP) is 3.60. The second kappa shape index (κ2) is 9.79. The smallest absolute Gasteiger partial charge is 0.266 e. The molecule has 1 amide bonds. The molecule has 0 bridgehead atoms. The number of ether oxygens (including phenoxy) is 2. The zero-order chi connectivity index (χ0) is 19.8. The van der Waals surface area contributed by atoms with E-state index in [0.717, 1.165) is 17.0 Å². The summed E-state index contributed by atoms with van der Waals surface area (Å²) in [5.41, 5.74) is 1.83. The van der Waals surface area contributed by atoms with Crippen molar-refractivity contribution < 1.29 is 14.3 Å². The lowest BCUT2D eigenvalue weighted by Gasteiger charge is -2.26. The summed E-state index contributed by atoms with van der Waals surface area (Å²) in [6, 6.07) is 16.7. The molecular weight excluding hydrogens is 378 g/mol. The summed E-state index contributed by atoms with van der Waals surface area (Å²) in [6.45, 7) is 2.43. The van der Waals surface area contributed by atoms with Crippen LogP contribution in [0.4, 0.5) is 5.69 Å². The summed E-state index contributed by atoms with van der Waals surface area (Å²) in [6.07, 6.45) is 1.43. The van der Waals surface area contributed by atoms with Crippen LogP contribution in [-0.2, 0) is 16.1 Å². The van der Waals surface area contributed by atoms with Crippen LogP contribution in [-0.4, -0.2) is 37.1 Å². The molecule has 144 valence electrons. The van der Waals surface area contributed by atoms with E-state index in [1.54, 1.807) is 4.90 Å². The third-order valence-electron chi connectivity index (χ3n) is 4.21. The van der Waals surface area contributed by atoms with Crippen LogP contribution in [0.5, 0.6) is 5.75 Å². The molecule has 0 atom stereocenters. The molecular formula is C21H20ClN3O3. The lowest BCUT2D eigenvalue weighted by atomic mass is 10.2. The molecule has 1 aliphatic rings. The summed E-state index contributed by atoms with van der Waals surface area (Å²) >= 11 is 5.87. The first-order chi connectivity index (χ1) is 13.7. The molecule has 7 heteroatoms. The molecule has 28 heavy (non-hydrogen) atoms. The number of halogens is 1. The number of hydrogen-bond donors (Lipinski definition) is 1. The van der Waals surface area contributed by atoms with Crippen LogP contribution >= 0.6 is 11.6 Å². The van der Waals surface area contributed by atoms with Gasteiger partial charge in [0.1, 0.15) is 24.0 Å². The minimum Gasteiger partial charge on any atom is -0.489 e. The largest absolute Gasteiger partial charge is 0.489 e. The highest BCUT2D eigenvalue weighted by molar-refractivity contribution is 6.30. The topological polar surface area (TPSA) is 74.6 Å². The Bertz CT molecular complexity index is 867. The Labute approximate surface area is 168 Å². The van der Waals surface area contributed by atoms with E-state index in [4.69, 9.17) is 21.1 Å². The normalized spacial score (nSPS) is 14.3. The minimum atomic E-state index is -0.291. The van der Waals surface area contributed by atoms with Gasteiger partial charge in [0.15, 0.2) is 0 Å². The first kappa shape index (κ1) is 19.7. The van der Waals surface area contributed by atoms with E-state index in [0.29, 0.717) is 37.9 Å². The van der Waals surface area contributed by atoms with Gasteiger partial charge in [-0.2, -0.15) is 5.26 Å². The van der Waals surface area contributed by atoms with Gasteiger partial charge in [0.05, 0.1) is 13.2 Å². The molecule has 0 unspecified atom stereocenters. The number of benzene rings is 2. The van der Waals surface area contributed by atoms with Crippen LogP contribution in [0.15, 0.2) is 60.3 Å². The van der Waals surface area contributed by atoms with Gasteiger partial charge in [0.2, 0.25) is 0 Å². The summed E-state index contributed by atoms with van der Waals surface area (Å²) in [5.74, 6) is 0.426. The van der Waals surface area contributed by atoms with Gasteiger partial charge in [-0.05, 0) is 42.0 Å². The fourth-order valence-electron chi connectivity index (χ4n) is 2.63. The van der Waals surface area contributed by atoms with Crippen molar-refractivity contribution in [2.75, 3.05) is 31.6 Å². The maximum absolute atomic E-state index is 12.4. The van der Waals surface area contributed by atoms with E-state index in [9.17, 15) is 10.1 Å². The van der Waals surface area contributed by atoms with Gasteiger partial charge in [0.25, 0.3) is 5.91 Å². The number of morpholine rings is 1. The average Bonchev–Trinajstić information content (AvgIpc) is 2.75. The van der Waals surface area contributed by atoms with E-state index < -0.39 is 0 Å². The van der Waals surface area contributed by atoms with Gasteiger partial charge >= 0.3 is 0 Å². The Morgan fingerprint density at radius 3 is 2.50 bits per heavy atom. The van der Waals surface area contributed by atoms with Gasteiger partial charge in [-0.1, -0.05) is 23.7 Å². The van der Waals surface area contributed by atoms with Crippen LogP contribution in [0.25, 0.3) is 0 Å². The molecule has 1 fully saturated rings. The third-order valence-corrected chi connectivity index (χ3v) is 4.46. The maximum atomic E-state index is 12.4. The van der Waals surface area contributed by atoms with Crippen molar-refractivity contribution in [1.29, 1.82) is 5.26 Å². The Balaban J connectivity index is 1.55. The fourth-order valence-corrected chi connectivity index (χ4v) is 2.75. The zero-order valence-electron chi connectivity index (χ0n) is 15.2. The number of carbonyl (C=O) groups excluding carboxylic acids is 1. The van der Waals surface area contributed by atoms with Crippen LogP contribution in [0.2, 0.25) is 5.02 Å². The average molecular weight is 398 g/mol. The zero-order valence-corrected chi connectivity index (χ0v) is 16.0. The number of nitrogens with zero attached hydrogens (tertiary/aromatic N) is 2.